The summed E-state index contributed by atoms with van der Waals surface area (Å²) in [5, 5.41) is 9.34. The Balaban J connectivity index is 2.32. The van der Waals surface area contributed by atoms with Gasteiger partial charge >= 0.3 is 5.97 Å². The Kier molecular flexibility index (Phi) is 3.87. The fraction of sp³-hybridized carbons (Fsp3) is 0.615. The smallest absolute Gasteiger partial charge is 0.326 e. The minimum atomic E-state index is -0.806. The van der Waals surface area contributed by atoms with Gasteiger partial charge in [0.25, 0.3) is 0 Å². The maximum Gasteiger partial charge on any atom is 0.326 e. The van der Waals surface area contributed by atoms with Gasteiger partial charge in [0, 0.05) is 12.6 Å². The number of carboxylic acids is 1. The third kappa shape index (κ3) is 2.77. The maximum absolute atomic E-state index is 11.4. The summed E-state index contributed by atoms with van der Waals surface area (Å²) in [5.41, 5.74) is 0. The van der Waals surface area contributed by atoms with Gasteiger partial charge in [0.15, 0.2) is 0 Å². The minimum absolute atomic E-state index is 0.114. The topological polar surface area (TPSA) is 75.5 Å². The second-order valence-corrected chi connectivity index (χ2v) is 4.79. The molecule has 0 saturated carbocycles. The average Bonchev–Trinajstić information content (AvgIpc) is 2.71. The molecule has 19 heavy (non-hydrogen) atoms. The third-order valence-electron chi connectivity index (χ3n) is 3.34. The quantitative estimate of drug-likeness (QED) is 0.888. The van der Waals surface area contributed by atoms with E-state index >= 15 is 0 Å². The lowest BCUT2D eigenvalue weighted by atomic mass is 10.0. The molecule has 0 amide bonds. The van der Waals surface area contributed by atoms with Gasteiger partial charge in [-0.15, -0.1) is 0 Å². The van der Waals surface area contributed by atoms with Crippen molar-refractivity contribution >= 4 is 11.8 Å². The number of aryl methyl sites for hydroxylation is 1. The summed E-state index contributed by atoms with van der Waals surface area (Å²) in [6.45, 7) is 6.83. The summed E-state index contributed by atoms with van der Waals surface area (Å²) in [5.74, 6) is 1.02. The molecule has 0 aromatic carbocycles. The van der Waals surface area contributed by atoms with E-state index in [1.54, 1.807) is 13.0 Å². The van der Waals surface area contributed by atoms with Crippen molar-refractivity contribution < 1.29 is 14.6 Å². The number of carbonyl (C=O) groups is 1. The van der Waals surface area contributed by atoms with E-state index in [1.165, 1.54) is 0 Å². The van der Waals surface area contributed by atoms with Gasteiger partial charge in [-0.3, -0.25) is 0 Å². The zero-order valence-corrected chi connectivity index (χ0v) is 11.5. The Morgan fingerprint density at radius 2 is 2.32 bits per heavy atom. The summed E-state index contributed by atoms with van der Waals surface area (Å²) >= 11 is 0. The molecule has 2 heterocycles. The molecule has 2 rings (SSSR count). The maximum atomic E-state index is 11.4. The summed E-state index contributed by atoms with van der Waals surface area (Å²) in [4.78, 5) is 21.7. The van der Waals surface area contributed by atoms with Crippen LogP contribution in [-0.2, 0) is 4.79 Å². The van der Waals surface area contributed by atoms with Gasteiger partial charge in [0.05, 0.1) is 6.61 Å². The Labute approximate surface area is 112 Å². The highest BCUT2D eigenvalue weighted by Crippen LogP contribution is 2.30. The van der Waals surface area contributed by atoms with Crippen molar-refractivity contribution in [2.24, 2.45) is 5.92 Å². The number of aromatic nitrogens is 2. The molecule has 1 saturated heterocycles. The lowest BCUT2D eigenvalue weighted by molar-refractivity contribution is -0.139. The van der Waals surface area contributed by atoms with Crippen molar-refractivity contribution in [3.05, 3.63) is 11.9 Å². The van der Waals surface area contributed by atoms with Gasteiger partial charge in [-0.2, -0.15) is 4.98 Å². The van der Waals surface area contributed by atoms with Crippen LogP contribution in [0.2, 0.25) is 0 Å². The molecule has 0 spiro atoms. The average molecular weight is 265 g/mol. The monoisotopic (exact) mass is 265 g/mol. The van der Waals surface area contributed by atoms with Gasteiger partial charge in [-0.05, 0) is 26.2 Å². The number of carboxylic acid groups (broad SMARTS) is 1. The first kappa shape index (κ1) is 13.6. The molecule has 1 N–H and O–H groups in total. The Morgan fingerprint density at radius 3 is 2.95 bits per heavy atom. The predicted octanol–water partition coefficient (Wildman–Crippen LogP) is 1.48. The van der Waals surface area contributed by atoms with Crippen LogP contribution < -0.4 is 9.64 Å². The highest BCUT2D eigenvalue weighted by molar-refractivity contribution is 5.79. The Morgan fingerprint density at radius 1 is 1.58 bits per heavy atom. The molecule has 1 aliphatic heterocycles. The minimum Gasteiger partial charge on any atom is -0.480 e. The first-order valence-corrected chi connectivity index (χ1v) is 6.51. The van der Waals surface area contributed by atoms with Crippen molar-refractivity contribution in [2.45, 2.75) is 33.2 Å². The van der Waals surface area contributed by atoms with E-state index in [-0.39, 0.29) is 5.92 Å². The molecule has 0 bridgehead atoms. The molecule has 1 aromatic rings. The number of rotatable bonds is 4. The molecule has 1 aromatic heterocycles. The number of ether oxygens (including phenoxy) is 1. The molecule has 1 fully saturated rings. The van der Waals surface area contributed by atoms with Crippen LogP contribution in [0.25, 0.3) is 0 Å². The van der Waals surface area contributed by atoms with Crippen LogP contribution in [0.3, 0.4) is 0 Å². The largest absolute Gasteiger partial charge is 0.480 e. The van der Waals surface area contributed by atoms with E-state index < -0.39 is 12.0 Å². The van der Waals surface area contributed by atoms with Crippen molar-refractivity contribution in [1.29, 1.82) is 0 Å². The lowest BCUT2D eigenvalue weighted by Gasteiger charge is -2.24. The molecule has 1 aliphatic rings. The molecule has 0 aliphatic carbocycles. The Hall–Kier alpha value is -1.85. The summed E-state index contributed by atoms with van der Waals surface area (Å²) in [6.07, 6.45) is 0.851. The summed E-state index contributed by atoms with van der Waals surface area (Å²) in [7, 11) is 0. The molecule has 6 nitrogen and oxygen atoms in total. The van der Waals surface area contributed by atoms with Crippen LogP contribution in [0.4, 0.5) is 5.82 Å². The third-order valence-corrected chi connectivity index (χ3v) is 3.34. The number of nitrogens with zero attached hydrogens (tertiary/aromatic N) is 3. The Bertz CT molecular complexity index is 478. The molecular weight excluding hydrogens is 246 g/mol. The number of hydrogen-bond donors (Lipinski definition) is 1. The standard InChI is InChI=1S/C13H19N3O3/c1-4-19-11-7-10(14-9(3)15-11)16-6-5-8(2)12(16)13(17)18/h7-8,12H,4-6H2,1-3H3,(H,17,18). The molecule has 2 unspecified atom stereocenters. The van der Waals surface area contributed by atoms with Crippen molar-refractivity contribution in [2.75, 3.05) is 18.1 Å². The van der Waals surface area contributed by atoms with Crippen LogP contribution >= 0.6 is 0 Å². The van der Waals surface area contributed by atoms with E-state index in [0.717, 1.165) is 6.42 Å². The zero-order valence-electron chi connectivity index (χ0n) is 11.5. The van der Waals surface area contributed by atoms with Crippen molar-refractivity contribution in [3.63, 3.8) is 0 Å². The van der Waals surface area contributed by atoms with Crippen molar-refractivity contribution in [3.8, 4) is 5.88 Å². The molecule has 0 radical (unpaired) electrons. The van der Waals surface area contributed by atoms with Gasteiger partial charge in [-0.1, -0.05) is 6.92 Å². The van der Waals surface area contributed by atoms with E-state index in [0.29, 0.717) is 30.7 Å². The van der Waals surface area contributed by atoms with E-state index in [2.05, 4.69) is 9.97 Å². The van der Waals surface area contributed by atoms with E-state index in [4.69, 9.17) is 4.74 Å². The highest BCUT2D eigenvalue weighted by Gasteiger charge is 2.37. The molecule has 2 atom stereocenters. The van der Waals surface area contributed by atoms with E-state index in [1.807, 2.05) is 18.7 Å². The predicted molar refractivity (Wildman–Crippen MR) is 70.5 cm³/mol. The SMILES string of the molecule is CCOc1cc(N2CCC(C)C2C(=O)O)nc(C)n1. The second kappa shape index (κ2) is 5.42. The normalized spacial score (nSPS) is 22.6. The summed E-state index contributed by atoms with van der Waals surface area (Å²) < 4.78 is 5.38. The molecule has 104 valence electrons. The first-order chi connectivity index (χ1) is 9.02. The van der Waals surface area contributed by atoms with Crippen LogP contribution in [0.5, 0.6) is 5.88 Å². The van der Waals surface area contributed by atoms with Gasteiger partial charge in [-0.25, -0.2) is 9.78 Å². The van der Waals surface area contributed by atoms with Crippen LogP contribution in [0, 0.1) is 12.8 Å². The molecule has 6 heteroatoms. The number of hydrogen-bond acceptors (Lipinski definition) is 5. The number of aliphatic carboxylic acids is 1. The zero-order chi connectivity index (χ0) is 14.0. The number of anilines is 1. The van der Waals surface area contributed by atoms with Crippen LogP contribution in [0.15, 0.2) is 6.07 Å². The molecular formula is C13H19N3O3. The van der Waals surface area contributed by atoms with Crippen LogP contribution in [0.1, 0.15) is 26.1 Å². The summed E-state index contributed by atoms with van der Waals surface area (Å²) in [6, 6.07) is 1.19. The van der Waals surface area contributed by atoms with Gasteiger partial charge < -0.3 is 14.7 Å². The fourth-order valence-corrected chi connectivity index (χ4v) is 2.47. The lowest BCUT2D eigenvalue weighted by Crippen LogP contribution is -2.39. The highest BCUT2D eigenvalue weighted by atomic mass is 16.5. The van der Waals surface area contributed by atoms with Crippen molar-refractivity contribution in [1.82, 2.24) is 9.97 Å². The van der Waals surface area contributed by atoms with Crippen LogP contribution in [-0.4, -0.2) is 40.2 Å². The first-order valence-electron chi connectivity index (χ1n) is 6.51. The van der Waals surface area contributed by atoms with Gasteiger partial charge in [0.1, 0.15) is 17.7 Å². The van der Waals surface area contributed by atoms with E-state index in [9.17, 15) is 9.90 Å². The van der Waals surface area contributed by atoms with Gasteiger partial charge in [0.2, 0.25) is 5.88 Å². The fourth-order valence-electron chi connectivity index (χ4n) is 2.47. The second-order valence-electron chi connectivity index (χ2n) is 4.79.